The summed E-state index contributed by atoms with van der Waals surface area (Å²) in [4.78, 5) is 5.61. The highest BCUT2D eigenvalue weighted by atomic mass is 35.5. The first-order chi connectivity index (χ1) is 13.7. The smallest absolute Gasteiger partial charge is 0.190 e. The molecule has 1 fully saturated rings. The molecule has 3 aromatic rings. The summed E-state index contributed by atoms with van der Waals surface area (Å²) in [5.74, 6) is 0.711. The lowest BCUT2D eigenvalue weighted by molar-refractivity contribution is 0.275. The molecule has 1 aromatic heterocycles. The minimum atomic E-state index is 0.0760. The molecule has 0 spiro atoms. The molecule has 1 aliphatic carbocycles. The van der Waals surface area contributed by atoms with Crippen molar-refractivity contribution in [2.75, 3.05) is 6.61 Å². The molecule has 5 heteroatoms. The maximum absolute atomic E-state index is 9.58. The maximum Gasteiger partial charge on any atom is 0.190 e. The monoisotopic (exact) mass is 412 g/mol. The molecule has 0 atom stereocenters. The first-order valence-corrected chi connectivity index (χ1v) is 11.2. The van der Waals surface area contributed by atoms with Crippen molar-refractivity contribution in [1.29, 1.82) is 0 Å². The van der Waals surface area contributed by atoms with Crippen molar-refractivity contribution in [3.05, 3.63) is 69.3 Å². The molecule has 1 aliphatic rings. The van der Waals surface area contributed by atoms with Crippen LogP contribution in [0.1, 0.15) is 43.6 Å². The van der Waals surface area contributed by atoms with Crippen LogP contribution in [0.2, 0.25) is 5.02 Å². The number of halogens is 1. The number of hydrogen-bond acceptors (Lipinski definition) is 3. The van der Waals surface area contributed by atoms with Crippen molar-refractivity contribution in [2.45, 2.75) is 44.6 Å². The van der Waals surface area contributed by atoms with Crippen LogP contribution in [-0.2, 0) is 6.54 Å². The predicted molar refractivity (Wildman–Crippen MR) is 117 cm³/mol. The van der Waals surface area contributed by atoms with Gasteiger partial charge in [0.15, 0.2) is 4.80 Å². The van der Waals surface area contributed by atoms with Crippen LogP contribution in [0.4, 0.5) is 5.69 Å². The number of aliphatic hydroxyl groups is 1. The Balaban J connectivity index is 1.67. The number of hydrogen-bond donors (Lipinski definition) is 1. The van der Waals surface area contributed by atoms with Crippen molar-refractivity contribution in [1.82, 2.24) is 4.57 Å². The van der Waals surface area contributed by atoms with Crippen molar-refractivity contribution in [3.63, 3.8) is 0 Å². The summed E-state index contributed by atoms with van der Waals surface area (Å²) in [6.07, 6.45) is 6.70. The van der Waals surface area contributed by atoms with Crippen LogP contribution in [-0.4, -0.2) is 16.3 Å². The number of benzene rings is 2. The van der Waals surface area contributed by atoms with Gasteiger partial charge in [-0.15, -0.1) is 11.3 Å². The van der Waals surface area contributed by atoms with E-state index in [0.717, 1.165) is 21.7 Å². The molecule has 0 amide bonds. The van der Waals surface area contributed by atoms with E-state index in [1.807, 2.05) is 24.3 Å². The van der Waals surface area contributed by atoms with E-state index in [1.54, 1.807) is 11.3 Å². The third-order valence-electron chi connectivity index (χ3n) is 5.44. The lowest BCUT2D eigenvalue weighted by Crippen LogP contribution is -2.17. The predicted octanol–water partition coefficient (Wildman–Crippen LogP) is 6.14. The van der Waals surface area contributed by atoms with E-state index in [0.29, 0.717) is 17.5 Å². The van der Waals surface area contributed by atoms with Crippen molar-refractivity contribution < 1.29 is 5.11 Å². The molecular formula is C23H25ClN2OS. The average Bonchev–Trinajstić information content (AvgIpc) is 3.11. The van der Waals surface area contributed by atoms with Crippen molar-refractivity contribution in [2.24, 2.45) is 4.99 Å². The molecule has 146 valence electrons. The molecule has 4 rings (SSSR count). The van der Waals surface area contributed by atoms with Gasteiger partial charge in [-0.05, 0) is 48.1 Å². The molecule has 0 bridgehead atoms. The zero-order valence-electron chi connectivity index (χ0n) is 15.9. The van der Waals surface area contributed by atoms with E-state index in [4.69, 9.17) is 16.6 Å². The molecule has 0 saturated heterocycles. The Hall–Kier alpha value is -1.88. The second-order valence-electron chi connectivity index (χ2n) is 7.33. The highest BCUT2D eigenvalue weighted by molar-refractivity contribution is 7.07. The molecule has 3 nitrogen and oxygen atoms in total. The third-order valence-corrected chi connectivity index (χ3v) is 6.54. The van der Waals surface area contributed by atoms with Crippen LogP contribution in [0.25, 0.3) is 11.3 Å². The van der Waals surface area contributed by atoms with E-state index in [2.05, 4.69) is 34.2 Å². The Labute approximate surface area is 175 Å². The molecule has 2 aromatic carbocycles. The first kappa shape index (κ1) is 19.4. The van der Waals surface area contributed by atoms with Crippen LogP contribution in [0.15, 0.2) is 58.9 Å². The lowest BCUT2D eigenvalue weighted by Gasteiger charge is -2.22. The Bertz CT molecular complexity index is 984. The van der Waals surface area contributed by atoms with E-state index in [1.165, 1.54) is 37.7 Å². The summed E-state index contributed by atoms with van der Waals surface area (Å²) in [5, 5.41) is 12.4. The normalized spacial score (nSPS) is 15.9. The second-order valence-corrected chi connectivity index (χ2v) is 8.60. The summed E-state index contributed by atoms with van der Waals surface area (Å²) >= 11 is 7.67. The number of aromatic nitrogens is 1. The fourth-order valence-corrected chi connectivity index (χ4v) is 5.12. The van der Waals surface area contributed by atoms with Crippen LogP contribution < -0.4 is 4.80 Å². The number of nitrogens with zero attached hydrogens (tertiary/aromatic N) is 2. The Kier molecular flexibility index (Phi) is 6.30. The van der Waals surface area contributed by atoms with Crippen LogP contribution >= 0.6 is 22.9 Å². The van der Waals surface area contributed by atoms with Crippen LogP contribution in [0.5, 0.6) is 0 Å². The number of thiazole rings is 1. The first-order valence-electron chi connectivity index (χ1n) is 9.94. The van der Waals surface area contributed by atoms with Crippen LogP contribution in [0.3, 0.4) is 0 Å². The molecule has 1 heterocycles. The summed E-state index contributed by atoms with van der Waals surface area (Å²) in [7, 11) is 0. The molecule has 28 heavy (non-hydrogen) atoms. The quantitative estimate of drug-likeness (QED) is 0.536. The van der Waals surface area contributed by atoms with Gasteiger partial charge in [-0.2, -0.15) is 0 Å². The Morgan fingerprint density at radius 2 is 1.86 bits per heavy atom. The molecule has 0 radical (unpaired) electrons. The van der Waals surface area contributed by atoms with E-state index in [9.17, 15) is 5.11 Å². The number of aliphatic hydroxyl groups excluding tert-OH is 1. The third kappa shape index (κ3) is 4.40. The van der Waals surface area contributed by atoms with Gasteiger partial charge in [0.25, 0.3) is 0 Å². The van der Waals surface area contributed by atoms with Gasteiger partial charge in [0.05, 0.1) is 18.0 Å². The lowest BCUT2D eigenvalue weighted by atomic mass is 9.84. The summed E-state index contributed by atoms with van der Waals surface area (Å²) in [5.41, 5.74) is 4.53. The van der Waals surface area contributed by atoms with Gasteiger partial charge >= 0.3 is 0 Å². The van der Waals surface area contributed by atoms with Gasteiger partial charge in [-0.3, -0.25) is 0 Å². The van der Waals surface area contributed by atoms with Crippen molar-refractivity contribution >= 4 is 28.6 Å². The van der Waals surface area contributed by atoms with E-state index >= 15 is 0 Å². The summed E-state index contributed by atoms with van der Waals surface area (Å²) in [6.45, 7) is 0.592. The largest absolute Gasteiger partial charge is 0.395 e. The van der Waals surface area contributed by atoms with Gasteiger partial charge in [-0.1, -0.05) is 61.2 Å². The molecule has 1 saturated carbocycles. The summed E-state index contributed by atoms with van der Waals surface area (Å²) < 4.78 is 2.08. The Morgan fingerprint density at radius 1 is 1.07 bits per heavy atom. The van der Waals surface area contributed by atoms with E-state index in [-0.39, 0.29) is 6.61 Å². The van der Waals surface area contributed by atoms with Gasteiger partial charge in [0, 0.05) is 16.9 Å². The minimum absolute atomic E-state index is 0.0760. The van der Waals surface area contributed by atoms with E-state index < -0.39 is 0 Å². The highest BCUT2D eigenvalue weighted by Crippen LogP contribution is 2.33. The molecule has 0 aliphatic heterocycles. The van der Waals surface area contributed by atoms with Gasteiger partial charge < -0.3 is 9.67 Å². The fraction of sp³-hybridized carbons (Fsp3) is 0.348. The second kappa shape index (κ2) is 9.08. The zero-order chi connectivity index (χ0) is 19.3. The van der Waals surface area contributed by atoms with Gasteiger partial charge in [0.2, 0.25) is 0 Å². The highest BCUT2D eigenvalue weighted by Gasteiger charge is 2.16. The Morgan fingerprint density at radius 3 is 2.57 bits per heavy atom. The standard InChI is InChI=1S/C23H25ClN2OS/c24-20-7-4-8-21(15-20)25-23-26(13-14-27)22(16-28-23)19-11-9-18(10-12-19)17-5-2-1-3-6-17/h4,7-12,15-17,27H,1-3,5-6,13-14H2. The fourth-order valence-electron chi connectivity index (χ4n) is 3.98. The molecular weight excluding hydrogens is 388 g/mol. The topological polar surface area (TPSA) is 37.5 Å². The molecule has 1 N–H and O–H groups in total. The average molecular weight is 413 g/mol. The maximum atomic E-state index is 9.58. The minimum Gasteiger partial charge on any atom is -0.395 e. The SMILES string of the molecule is OCCn1c(-c2ccc(C3CCCCC3)cc2)csc1=Nc1cccc(Cl)c1. The van der Waals surface area contributed by atoms with Crippen molar-refractivity contribution in [3.8, 4) is 11.3 Å². The zero-order valence-corrected chi connectivity index (χ0v) is 17.4. The number of rotatable bonds is 5. The van der Waals surface area contributed by atoms with Gasteiger partial charge in [0.1, 0.15) is 0 Å². The summed E-state index contributed by atoms with van der Waals surface area (Å²) in [6, 6.07) is 16.5. The van der Waals surface area contributed by atoms with Gasteiger partial charge in [-0.25, -0.2) is 4.99 Å². The van der Waals surface area contributed by atoms with Crippen LogP contribution in [0, 0.1) is 0 Å². The molecule has 0 unspecified atom stereocenters.